The molecule has 6 nitrogen and oxygen atoms in total. The molecule has 31 heavy (non-hydrogen) atoms. The third-order valence-corrected chi connectivity index (χ3v) is 5.79. The van der Waals surface area contributed by atoms with Crippen molar-refractivity contribution in [2.75, 3.05) is 25.1 Å². The van der Waals surface area contributed by atoms with E-state index in [1.165, 1.54) is 11.8 Å². The SMILES string of the molecule is CCOc1cc(/C=C2\SC(=S)N(CC)C2=O)ccc1OCC(=O)Nc1cccc(C)c1. The van der Waals surface area contributed by atoms with Crippen LogP contribution in [0.4, 0.5) is 5.69 Å². The van der Waals surface area contributed by atoms with Crippen LogP contribution in [0.25, 0.3) is 6.08 Å². The Labute approximate surface area is 191 Å². The van der Waals surface area contributed by atoms with E-state index in [9.17, 15) is 9.59 Å². The van der Waals surface area contributed by atoms with Gasteiger partial charge < -0.3 is 14.8 Å². The second-order valence-electron chi connectivity index (χ2n) is 6.77. The summed E-state index contributed by atoms with van der Waals surface area (Å²) in [7, 11) is 0. The molecule has 1 heterocycles. The van der Waals surface area contributed by atoms with E-state index in [2.05, 4.69) is 5.32 Å². The maximum absolute atomic E-state index is 12.4. The lowest BCUT2D eigenvalue weighted by Gasteiger charge is -2.13. The van der Waals surface area contributed by atoms with Crippen LogP contribution in [0.15, 0.2) is 47.4 Å². The summed E-state index contributed by atoms with van der Waals surface area (Å²) < 4.78 is 11.9. The van der Waals surface area contributed by atoms with Gasteiger partial charge in [0.2, 0.25) is 0 Å². The number of nitrogens with one attached hydrogen (secondary N) is 1. The van der Waals surface area contributed by atoms with E-state index in [1.54, 1.807) is 23.1 Å². The lowest BCUT2D eigenvalue weighted by atomic mass is 10.2. The van der Waals surface area contributed by atoms with Crippen LogP contribution in [0.3, 0.4) is 0 Å². The Kier molecular flexibility index (Phi) is 7.70. The molecule has 0 aliphatic carbocycles. The molecule has 8 heteroatoms. The zero-order valence-corrected chi connectivity index (χ0v) is 19.3. The first-order valence-electron chi connectivity index (χ1n) is 9.92. The Morgan fingerprint density at radius 2 is 1.97 bits per heavy atom. The number of aryl methyl sites for hydroxylation is 1. The van der Waals surface area contributed by atoms with Gasteiger partial charge in [-0.3, -0.25) is 14.5 Å². The normalized spacial score (nSPS) is 14.8. The molecule has 0 bridgehead atoms. The molecular formula is C23H24N2O4S2. The summed E-state index contributed by atoms with van der Waals surface area (Å²) in [5.74, 6) is 0.606. The van der Waals surface area contributed by atoms with Gasteiger partial charge in [0.25, 0.3) is 11.8 Å². The van der Waals surface area contributed by atoms with Gasteiger partial charge in [0.15, 0.2) is 18.1 Å². The van der Waals surface area contributed by atoms with Crippen molar-refractivity contribution in [2.45, 2.75) is 20.8 Å². The first kappa shape index (κ1) is 22.8. The van der Waals surface area contributed by atoms with Crippen molar-refractivity contribution in [1.29, 1.82) is 0 Å². The topological polar surface area (TPSA) is 67.9 Å². The Bertz CT molecular complexity index is 1040. The molecule has 1 aliphatic heterocycles. The number of amides is 2. The summed E-state index contributed by atoms with van der Waals surface area (Å²) in [6.07, 6.45) is 1.78. The number of carbonyl (C=O) groups excluding carboxylic acids is 2. The highest BCUT2D eigenvalue weighted by Crippen LogP contribution is 2.34. The summed E-state index contributed by atoms with van der Waals surface area (Å²) in [4.78, 5) is 26.8. The number of thiocarbonyl (C=S) groups is 1. The highest BCUT2D eigenvalue weighted by Gasteiger charge is 2.30. The minimum Gasteiger partial charge on any atom is -0.490 e. The summed E-state index contributed by atoms with van der Waals surface area (Å²) in [5.41, 5.74) is 2.57. The van der Waals surface area contributed by atoms with Gasteiger partial charge >= 0.3 is 0 Å². The molecule has 0 unspecified atom stereocenters. The minimum absolute atomic E-state index is 0.0939. The Morgan fingerprint density at radius 1 is 1.16 bits per heavy atom. The van der Waals surface area contributed by atoms with E-state index in [-0.39, 0.29) is 18.4 Å². The van der Waals surface area contributed by atoms with Crippen molar-refractivity contribution in [1.82, 2.24) is 4.90 Å². The van der Waals surface area contributed by atoms with E-state index >= 15 is 0 Å². The highest BCUT2D eigenvalue weighted by molar-refractivity contribution is 8.26. The van der Waals surface area contributed by atoms with Crippen molar-refractivity contribution in [3.8, 4) is 11.5 Å². The van der Waals surface area contributed by atoms with Crippen LogP contribution in [0.5, 0.6) is 11.5 Å². The maximum atomic E-state index is 12.4. The zero-order valence-electron chi connectivity index (χ0n) is 17.6. The van der Waals surface area contributed by atoms with Crippen molar-refractivity contribution in [3.63, 3.8) is 0 Å². The number of ether oxygens (including phenoxy) is 2. The lowest BCUT2D eigenvalue weighted by molar-refractivity contribution is -0.122. The third-order valence-electron chi connectivity index (χ3n) is 4.42. The van der Waals surface area contributed by atoms with E-state index in [4.69, 9.17) is 21.7 Å². The number of thioether (sulfide) groups is 1. The van der Waals surface area contributed by atoms with Gasteiger partial charge in [0.1, 0.15) is 4.32 Å². The van der Waals surface area contributed by atoms with Gasteiger partial charge in [-0.25, -0.2) is 0 Å². The minimum atomic E-state index is -0.264. The number of carbonyl (C=O) groups is 2. The predicted molar refractivity (Wildman–Crippen MR) is 128 cm³/mol. The quantitative estimate of drug-likeness (QED) is 0.461. The van der Waals surface area contributed by atoms with Gasteiger partial charge in [0.05, 0.1) is 11.5 Å². The van der Waals surface area contributed by atoms with E-state index in [0.717, 1.165) is 16.8 Å². The largest absolute Gasteiger partial charge is 0.490 e. The van der Waals surface area contributed by atoms with Crippen LogP contribution in [-0.4, -0.2) is 40.8 Å². The summed E-state index contributed by atoms with van der Waals surface area (Å²) >= 11 is 6.54. The average molecular weight is 457 g/mol. The maximum Gasteiger partial charge on any atom is 0.266 e. The molecule has 2 aromatic rings. The standard InChI is InChI=1S/C23H24N2O4S2/c1-4-25-22(27)20(31-23(25)30)13-16-9-10-18(19(12-16)28-5-2)29-14-21(26)24-17-8-6-7-15(3)11-17/h6-13H,4-5,14H2,1-3H3,(H,24,26)/b20-13-. The number of hydrogen-bond donors (Lipinski definition) is 1. The number of nitrogens with zero attached hydrogens (tertiary/aromatic N) is 1. The fraction of sp³-hybridized carbons (Fsp3) is 0.261. The van der Waals surface area contributed by atoms with Gasteiger partial charge in [-0.1, -0.05) is 42.2 Å². The Balaban J connectivity index is 1.70. The third kappa shape index (κ3) is 5.86. The van der Waals surface area contributed by atoms with E-state index in [1.807, 2.05) is 51.1 Å². The monoisotopic (exact) mass is 456 g/mol. The van der Waals surface area contributed by atoms with Crippen molar-refractivity contribution >= 4 is 51.9 Å². The molecule has 0 aromatic heterocycles. The summed E-state index contributed by atoms with van der Waals surface area (Å²) in [6.45, 7) is 6.55. The molecule has 3 rings (SSSR count). The van der Waals surface area contributed by atoms with Gasteiger partial charge in [-0.2, -0.15) is 0 Å². The predicted octanol–water partition coefficient (Wildman–Crippen LogP) is 4.63. The number of likely N-dealkylation sites (N-methyl/N-ethyl adjacent to an activating group) is 1. The van der Waals surface area contributed by atoms with Crippen LogP contribution in [-0.2, 0) is 9.59 Å². The number of anilines is 1. The molecule has 2 amide bonds. The smallest absolute Gasteiger partial charge is 0.266 e. The molecular weight excluding hydrogens is 432 g/mol. The van der Waals surface area contributed by atoms with Crippen molar-refractivity contribution < 1.29 is 19.1 Å². The van der Waals surface area contributed by atoms with Gasteiger partial charge in [-0.15, -0.1) is 0 Å². The lowest BCUT2D eigenvalue weighted by Crippen LogP contribution is -2.27. The fourth-order valence-corrected chi connectivity index (χ4v) is 4.37. The molecule has 2 aromatic carbocycles. The summed E-state index contributed by atoms with van der Waals surface area (Å²) in [6, 6.07) is 12.9. The molecule has 1 saturated heterocycles. The number of rotatable bonds is 8. The molecule has 162 valence electrons. The Hall–Kier alpha value is -2.84. The fourth-order valence-electron chi connectivity index (χ4n) is 2.99. The molecule has 1 aliphatic rings. The molecule has 0 atom stereocenters. The second-order valence-corrected chi connectivity index (χ2v) is 8.45. The molecule has 1 N–H and O–H groups in total. The van der Waals surface area contributed by atoms with Gasteiger partial charge in [-0.05, 0) is 62.2 Å². The average Bonchev–Trinajstić information content (AvgIpc) is 3.00. The second kappa shape index (κ2) is 10.5. The summed E-state index contributed by atoms with van der Waals surface area (Å²) in [5, 5.41) is 2.81. The Morgan fingerprint density at radius 3 is 2.65 bits per heavy atom. The first-order chi connectivity index (χ1) is 14.9. The van der Waals surface area contributed by atoms with Crippen LogP contribution >= 0.6 is 24.0 Å². The number of benzene rings is 2. The van der Waals surface area contributed by atoms with Gasteiger partial charge in [0, 0.05) is 12.2 Å². The van der Waals surface area contributed by atoms with Crippen LogP contribution in [0, 0.1) is 6.92 Å². The van der Waals surface area contributed by atoms with Crippen LogP contribution in [0.1, 0.15) is 25.0 Å². The van der Waals surface area contributed by atoms with Crippen LogP contribution < -0.4 is 14.8 Å². The molecule has 0 saturated carbocycles. The van der Waals surface area contributed by atoms with Crippen LogP contribution in [0.2, 0.25) is 0 Å². The van der Waals surface area contributed by atoms with E-state index < -0.39 is 0 Å². The highest BCUT2D eigenvalue weighted by atomic mass is 32.2. The van der Waals surface area contributed by atoms with E-state index in [0.29, 0.717) is 33.9 Å². The van der Waals surface area contributed by atoms with Crippen molar-refractivity contribution in [2.24, 2.45) is 0 Å². The van der Waals surface area contributed by atoms with Crippen molar-refractivity contribution in [3.05, 3.63) is 58.5 Å². The molecule has 0 radical (unpaired) electrons. The first-order valence-corrected chi connectivity index (χ1v) is 11.1. The zero-order chi connectivity index (χ0) is 22.4. The molecule has 0 spiro atoms. The molecule has 1 fully saturated rings. The number of hydrogen-bond acceptors (Lipinski definition) is 6.